The van der Waals surface area contributed by atoms with Crippen LogP contribution in [0.25, 0.3) is 0 Å². The van der Waals surface area contributed by atoms with Gasteiger partial charge in [-0.3, -0.25) is 0 Å². The summed E-state index contributed by atoms with van der Waals surface area (Å²) in [6, 6.07) is 0. The summed E-state index contributed by atoms with van der Waals surface area (Å²) >= 11 is 0. The van der Waals surface area contributed by atoms with Crippen LogP contribution in [0.1, 0.15) is 0 Å². The Hall–Kier alpha value is 0.270. The fraction of sp³-hybridized carbons (Fsp3) is 1.00. The summed E-state index contributed by atoms with van der Waals surface area (Å²) in [6.07, 6.45) is -0.135. The summed E-state index contributed by atoms with van der Waals surface area (Å²) in [5.41, 5.74) is 0. The monoisotopic (exact) mass is 141 g/mol. The minimum absolute atomic E-state index is 0.135. The topological polar surface area (TPSA) is 58.9 Å². The second-order valence-electron chi connectivity index (χ2n) is 1.27. The number of rotatable bonds is 3. The van der Waals surface area contributed by atoms with Crippen LogP contribution in [0.4, 0.5) is 0 Å². The predicted octanol–water partition coefficient (Wildman–Crippen LogP) is -0.0161. The lowest BCUT2D eigenvalue weighted by Gasteiger charge is -2.04. The van der Waals surface area contributed by atoms with Crippen molar-refractivity contribution in [2.75, 3.05) is 20.6 Å². The molecular weight excluding hydrogens is 131 g/mol. The van der Waals surface area contributed by atoms with Crippen molar-refractivity contribution in [3.8, 4) is 0 Å². The Kier molecular flexibility index (Phi) is 3.44. The maximum atomic E-state index is 8.64. The number of hydrogen-bond acceptors (Lipinski definition) is 4. The molecular formula is C3H10O4P+. The molecule has 50 valence electrons. The van der Waals surface area contributed by atoms with E-state index in [0.29, 0.717) is 0 Å². The zero-order valence-electron chi connectivity index (χ0n) is 4.87. The Morgan fingerprint density at radius 1 is 1.38 bits per heavy atom. The van der Waals surface area contributed by atoms with E-state index in [2.05, 4.69) is 9.26 Å². The first kappa shape index (κ1) is 8.27. The highest BCUT2D eigenvalue weighted by molar-refractivity contribution is 7.59. The van der Waals surface area contributed by atoms with Crippen LogP contribution in [0.3, 0.4) is 0 Å². The predicted molar refractivity (Wildman–Crippen MR) is 30.2 cm³/mol. The van der Waals surface area contributed by atoms with Gasteiger partial charge in [0.2, 0.25) is 6.35 Å². The van der Waals surface area contributed by atoms with Crippen LogP contribution in [-0.2, 0) is 9.26 Å². The van der Waals surface area contributed by atoms with Gasteiger partial charge >= 0.3 is 7.94 Å². The Morgan fingerprint density at radius 2 is 1.88 bits per heavy atom. The van der Waals surface area contributed by atoms with E-state index in [1.807, 2.05) is 0 Å². The second-order valence-corrected chi connectivity index (χ2v) is 3.22. The van der Waals surface area contributed by atoms with E-state index in [-0.39, 0.29) is 6.35 Å². The molecule has 0 aliphatic carbocycles. The Bertz CT molecular complexity index is 64.3. The summed E-state index contributed by atoms with van der Waals surface area (Å²) in [4.78, 5) is 17.3. The van der Waals surface area contributed by atoms with E-state index >= 15 is 0 Å². The zero-order chi connectivity index (χ0) is 6.62. The molecule has 0 fully saturated rings. The largest absolute Gasteiger partial charge is 0.433 e. The van der Waals surface area contributed by atoms with Crippen LogP contribution in [-0.4, -0.2) is 30.4 Å². The lowest BCUT2D eigenvalue weighted by molar-refractivity contribution is 0.186. The van der Waals surface area contributed by atoms with Crippen LogP contribution >= 0.6 is 7.94 Å². The first-order chi connectivity index (χ1) is 3.62. The van der Waals surface area contributed by atoms with Crippen LogP contribution in [0.2, 0.25) is 0 Å². The maximum absolute atomic E-state index is 8.64. The van der Waals surface area contributed by atoms with Crippen molar-refractivity contribution in [3.05, 3.63) is 0 Å². The summed E-state index contributed by atoms with van der Waals surface area (Å²) in [5, 5.41) is 0. The standard InChI is InChI=1S/C3H10O4P/c1-6-3-8(4,5)7-2/h4-5H,3H2,1-2H3/q+1. The molecule has 4 nitrogen and oxygen atoms in total. The van der Waals surface area contributed by atoms with E-state index in [4.69, 9.17) is 9.79 Å². The van der Waals surface area contributed by atoms with Crippen molar-refractivity contribution in [1.82, 2.24) is 0 Å². The molecule has 0 bridgehead atoms. The number of hydrogen-bond donors (Lipinski definition) is 2. The van der Waals surface area contributed by atoms with E-state index < -0.39 is 7.94 Å². The molecule has 0 saturated carbocycles. The van der Waals surface area contributed by atoms with E-state index in [9.17, 15) is 0 Å². The van der Waals surface area contributed by atoms with Gasteiger partial charge in [-0.15, -0.1) is 0 Å². The van der Waals surface area contributed by atoms with Gasteiger partial charge in [0.1, 0.15) is 0 Å². The zero-order valence-corrected chi connectivity index (χ0v) is 5.76. The van der Waals surface area contributed by atoms with E-state index in [1.54, 1.807) is 0 Å². The summed E-state index contributed by atoms with van der Waals surface area (Å²) < 4.78 is 8.70. The molecule has 0 rings (SSSR count). The fourth-order valence-corrected chi connectivity index (χ4v) is 0.663. The average Bonchev–Trinajstić information content (AvgIpc) is 1.67. The molecule has 0 saturated heterocycles. The fourth-order valence-electron chi connectivity index (χ4n) is 0.221. The molecule has 0 aliphatic heterocycles. The first-order valence-electron chi connectivity index (χ1n) is 2.00. The first-order valence-corrected chi connectivity index (χ1v) is 3.80. The molecule has 5 heteroatoms. The van der Waals surface area contributed by atoms with Gasteiger partial charge in [-0.25, -0.2) is 0 Å². The lowest BCUT2D eigenvalue weighted by Crippen LogP contribution is -1.99. The lowest BCUT2D eigenvalue weighted by atomic mass is 11.5. The van der Waals surface area contributed by atoms with Crippen molar-refractivity contribution in [2.24, 2.45) is 0 Å². The van der Waals surface area contributed by atoms with Gasteiger partial charge in [-0.2, -0.15) is 14.3 Å². The normalized spacial score (nSPS) is 12.0. The summed E-state index contributed by atoms with van der Waals surface area (Å²) in [5.74, 6) is 0. The van der Waals surface area contributed by atoms with Crippen molar-refractivity contribution in [3.63, 3.8) is 0 Å². The second kappa shape index (κ2) is 3.33. The molecule has 0 aromatic carbocycles. The van der Waals surface area contributed by atoms with Gasteiger partial charge in [0, 0.05) is 7.11 Å². The Balaban J connectivity index is 3.37. The molecule has 2 N–H and O–H groups in total. The molecule has 0 radical (unpaired) electrons. The molecule has 8 heavy (non-hydrogen) atoms. The van der Waals surface area contributed by atoms with Crippen LogP contribution < -0.4 is 0 Å². The van der Waals surface area contributed by atoms with E-state index in [1.165, 1.54) is 14.2 Å². The highest BCUT2D eigenvalue weighted by atomic mass is 31.2. The Morgan fingerprint density at radius 3 is 2.00 bits per heavy atom. The summed E-state index contributed by atoms with van der Waals surface area (Å²) in [7, 11) is -0.541. The van der Waals surface area contributed by atoms with Crippen LogP contribution in [0, 0.1) is 0 Å². The third kappa shape index (κ3) is 3.29. The van der Waals surface area contributed by atoms with Crippen molar-refractivity contribution >= 4 is 7.94 Å². The molecule has 0 atom stereocenters. The summed E-state index contributed by atoms with van der Waals surface area (Å²) in [6.45, 7) is 0. The highest BCUT2D eigenvalue weighted by Crippen LogP contribution is 2.49. The van der Waals surface area contributed by atoms with Gasteiger partial charge in [0.25, 0.3) is 0 Å². The van der Waals surface area contributed by atoms with Crippen molar-refractivity contribution in [1.29, 1.82) is 0 Å². The van der Waals surface area contributed by atoms with Gasteiger partial charge in [0.05, 0.1) is 7.11 Å². The number of methoxy groups -OCH3 is 1. The third-order valence-corrected chi connectivity index (χ3v) is 1.77. The molecule has 0 heterocycles. The van der Waals surface area contributed by atoms with Crippen LogP contribution in [0.15, 0.2) is 0 Å². The van der Waals surface area contributed by atoms with E-state index in [0.717, 1.165) is 0 Å². The van der Waals surface area contributed by atoms with Gasteiger partial charge in [-0.05, 0) is 0 Å². The molecule has 0 spiro atoms. The highest BCUT2D eigenvalue weighted by Gasteiger charge is 2.33. The smallest absolute Gasteiger partial charge is 0.343 e. The minimum atomic E-state index is -3.15. The molecule has 0 unspecified atom stereocenters. The average molecular weight is 141 g/mol. The molecule has 0 aromatic rings. The van der Waals surface area contributed by atoms with Gasteiger partial charge < -0.3 is 4.74 Å². The quantitative estimate of drug-likeness (QED) is 0.542. The third-order valence-electron chi connectivity index (χ3n) is 0.590. The minimum Gasteiger partial charge on any atom is -0.343 e. The van der Waals surface area contributed by atoms with Gasteiger partial charge in [0.15, 0.2) is 0 Å². The van der Waals surface area contributed by atoms with Crippen molar-refractivity contribution < 1.29 is 19.0 Å². The molecule has 0 amide bonds. The Labute approximate surface area is 48.6 Å². The van der Waals surface area contributed by atoms with Crippen molar-refractivity contribution in [2.45, 2.75) is 0 Å². The SMILES string of the molecule is COC[P+](O)(O)OC. The molecule has 0 aromatic heterocycles. The molecule has 0 aliphatic rings. The van der Waals surface area contributed by atoms with Crippen LogP contribution in [0.5, 0.6) is 0 Å². The maximum Gasteiger partial charge on any atom is 0.433 e. The number of ether oxygens (including phenoxy) is 1. The van der Waals surface area contributed by atoms with Gasteiger partial charge in [-0.1, -0.05) is 0 Å².